The normalized spacial score (nSPS) is 28.9. The van der Waals surface area contributed by atoms with Gasteiger partial charge < -0.3 is 5.73 Å². The van der Waals surface area contributed by atoms with E-state index >= 15 is 0 Å². The molecular weight excluding hydrogens is 194 g/mol. The molecule has 1 aliphatic heterocycles. The average molecular weight is 211 g/mol. The van der Waals surface area contributed by atoms with Gasteiger partial charge in [0.1, 0.15) is 0 Å². The Morgan fingerprint density at radius 2 is 2.43 bits per heavy atom. The van der Waals surface area contributed by atoms with Crippen molar-refractivity contribution in [3.63, 3.8) is 0 Å². The Morgan fingerprint density at radius 3 is 3.00 bits per heavy atom. The largest absolute Gasteiger partial charge is 0.326 e. The maximum Gasteiger partial charge on any atom is 0.0794 e. The fraction of sp³-hybridized carbons (Fsp3) is 0.700. The minimum Gasteiger partial charge on any atom is -0.326 e. The van der Waals surface area contributed by atoms with Crippen LogP contribution in [0, 0.1) is 0 Å². The first kappa shape index (κ1) is 10.1. The lowest BCUT2D eigenvalue weighted by Gasteiger charge is -2.28. The van der Waals surface area contributed by atoms with Gasteiger partial charge in [-0.05, 0) is 20.3 Å². The Balaban J connectivity index is 2.22. The summed E-state index contributed by atoms with van der Waals surface area (Å²) in [5.41, 5.74) is 8.02. The predicted octanol–water partition coefficient (Wildman–Crippen LogP) is 1.63. The fourth-order valence-corrected chi connectivity index (χ4v) is 2.98. The molecule has 0 aromatic carbocycles. The number of likely N-dealkylation sites (tertiary alicyclic amines) is 1. The summed E-state index contributed by atoms with van der Waals surface area (Å²) in [6.07, 6.45) is 3.05. The lowest BCUT2D eigenvalue weighted by atomic mass is 10.1. The van der Waals surface area contributed by atoms with Gasteiger partial charge >= 0.3 is 0 Å². The van der Waals surface area contributed by atoms with Crippen LogP contribution in [0.1, 0.15) is 31.2 Å². The third kappa shape index (κ3) is 1.69. The van der Waals surface area contributed by atoms with E-state index in [4.69, 9.17) is 5.73 Å². The first-order valence-corrected chi connectivity index (χ1v) is 5.98. The summed E-state index contributed by atoms with van der Waals surface area (Å²) in [5, 5.41) is 0. The molecule has 4 heteroatoms. The fourth-order valence-electron chi connectivity index (χ4n) is 2.17. The Bertz CT molecular complexity index is 284. The van der Waals surface area contributed by atoms with Crippen LogP contribution in [0.2, 0.25) is 0 Å². The summed E-state index contributed by atoms with van der Waals surface area (Å²) in [4.78, 5) is 7.91. The second-order valence-corrected chi connectivity index (χ2v) is 5.05. The van der Waals surface area contributed by atoms with E-state index in [1.54, 1.807) is 11.3 Å². The van der Waals surface area contributed by atoms with Crippen molar-refractivity contribution in [1.29, 1.82) is 0 Å². The summed E-state index contributed by atoms with van der Waals surface area (Å²) in [6.45, 7) is 5.57. The van der Waals surface area contributed by atoms with Crippen LogP contribution in [0.25, 0.3) is 0 Å². The van der Waals surface area contributed by atoms with Gasteiger partial charge in [0.25, 0.3) is 0 Å². The molecule has 0 amide bonds. The quantitative estimate of drug-likeness (QED) is 0.808. The molecule has 1 aliphatic rings. The zero-order chi connectivity index (χ0) is 10.1. The monoisotopic (exact) mass is 211 g/mol. The van der Waals surface area contributed by atoms with Crippen LogP contribution in [0.3, 0.4) is 0 Å². The highest BCUT2D eigenvalue weighted by Gasteiger charge is 2.34. The number of nitrogens with zero attached hydrogens (tertiary/aromatic N) is 2. The lowest BCUT2D eigenvalue weighted by molar-refractivity contribution is 0.200. The Hall–Kier alpha value is -0.450. The molecule has 14 heavy (non-hydrogen) atoms. The summed E-state index contributed by atoms with van der Waals surface area (Å²) >= 11 is 1.71. The lowest BCUT2D eigenvalue weighted by Crippen LogP contribution is -2.35. The summed E-state index contributed by atoms with van der Waals surface area (Å²) < 4.78 is 0. The summed E-state index contributed by atoms with van der Waals surface area (Å²) in [6, 6.07) is 1.23. The highest BCUT2D eigenvalue weighted by atomic mass is 32.1. The number of aromatic nitrogens is 1. The molecule has 0 bridgehead atoms. The van der Waals surface area contributed by atoms with Crippen molar-refractivity contribution in [2.45, 2.75) is 38.4 Å². The van der Waals surface area contributed by atoms with Gasteiger partial charge in [-0.15, -0.1) is 11.3 Å². The van der Waals surface area contributed by atoms with Crippen molar-refractivity contribution in [3.8, 4) is 0 Å². The molecule has 2 rings (SSSR count). The van der Waals surface area contributed by atoms with Crippen LogP contribution in [0.5, 0.6) is 0 Å². The number of rotatable bonds is 2. The van der Waals surface area contributed by atoms with Crippen molar-refractivity contribution < 1.29 is 0 Å². The zero-order valence-corrected chi connectivity index (χ0v) is 9.50. The summed E-state index contributed by atoms with van der Waals surface area (Å²) in [7, 11) is 0. The molecular formula is C10H17N3S. The van der Waals surface area contributed by atoms with Crippen LogP contribution in [0.4, 0.5) is 0 Å². The first-order chi connectivity index (χ1) is 6.70. The molecule has 0 radical (unpaired) electrons. The number of thiazole rings is 1. The molecule has 1 aromatic rings. The van der Waals surface area contributed by atoms with Gasteiger partial charge in [-0.3, -0.25) is 9.88 Å². The number of nitrogens with two attached hydrogens (primary N) is 1. The van der Waals surface area contributed by atoms with Crippen molar-refractivity contribution in [2.24, 2.45) is 5.73 Å². The van der Waals surface area contributed by atoms with E-state index in [0.29, 0.717) is 12.1 Å². The van der Waals surface area contributed by atoms with Crippen molar-refractivity contribution in [2.75, 3.05) is 6.54 Å². The van der Waals surface area contributed by atoms with Crippen molar-refractivity contribution in [3.05, 3.63) is 16.6 Å². The van der Waals surface area contributed by atoms with Crippen molar-refractivity contribution in [1.82, 2.24) is 9.88 Å². The van der Waals surface area contributed by atoms with Crippen LogP contribution < -0.4 is 5.73 Å². The molecule has 1 fully saturated rings. The van der Waals surface area contributed by atoms with Gasteiger partial charge in [-0.25, -0.2) is 0 Å². The van der Waals surface area contributed by atoms with Gasteiger partial charge in [0, 0.05) is 29.7 Å². The predicted molar refractivity (Wildman–Crippen MR) is 59.3 cm³/mol. The third-order valence-electron chi connectivity index (χ3n) is 2.89. The van der Waals surface area contributed by atoms with Gasteiger partial charge in [-0.2, -0.15) is 0 Å². The molecule has 78 valence electrons. The highest BCUT2D eigenvalue weighted by molar-refractivity contribution is 7.09. The minimum absolute atomic E-state index is 0.276. The molecule has 0 aliphatic carbocycles. The second-order valence-electron chi connectivity index (χ2n) is 4.13. The van der Waals surface area contributed by atoms with Gasteiger partial charge in [0.05, 0.1) is 11.6 Å². The van der Waals surface area contributed by atoms with E-state index in [1.807, 2.05) is 11.7 Å². The molecule has 2 atom stereocenters. The minimum atomic E-state index is 0.276. The molecule has 1 saturated heterocycles. The molecule has 0 spiro atoms. The van der Waals surface area contributed by atoms with Crippen LogP contribution >= 0.6 is 11.3 Å². The van der Waals surface area contributed by atoms with Crippen molar-refractivity contribution >= 4 is 11.3 Å². The maximum absolute atomic E-state index is 6.14. The Morgan fingerprint density at radius 1 is 1.64 bits per heavy atom. The third-order valence-corrected chi connectivity index (χ3v) is 3.74. The number of hydrogen-bond donors (Lipinski definition) is 1. The van der Waals surface area contributed by atoms with Gasteiger partial charge in [0.2, 0.25) is 0 Å². The number of hydrogen-bond acceptors (Lipinski definition) is 4. The molecule has 1 aromatic heterocycles. The molecule has 2 heterocycles. The smallest absolute Gasteiger partial charge is 0.0794 e. The standard InChI is InChI=1S/C10H17N3S/c1-7(2)13-4-3-8(11)10(13)9-5-12-6-14-9/h5-8,10H,3-4,11H2,1-2H3. The van der Waals surface area contributed by atoms with Crippen LogP contribution in [-0.2, 0) is 0 Å². The second kappa shape index (κ2) is 3.96. The zero-order valence-electron chi connectivity index (χ0n) is 8.68. The van der Waals surface area contributed by atoms with Gasteiger partial charge in [-0.1, -0.05) is 0 Å². The Kier molecular flexibility index (Phi) is 2.85. The first-order valence-electron chi connectivity index (χ1n) is 5.10. The van der Waals surface area contributed by atoms with E-state index in [9.17, 15) is 0 Å². The van der Waals surface area contributed by atoms with Gasteiger partial charge in [0.15, 0.2) is 0 Å². The van der Waals surface area contributed by atoms with E-state index in [-0.39, 0.29) is 6.04 Å². The molecule has 2 N–H and O–H groups in total. The molecule has 0 saturated carbocycles. The van der Waals surface area contributed by atoms with E-state index < -0.39 is 0 Å². The topological polar surface area (TPSA) is 42.1 Å². The van der Waals surface area contributed by atoms with E-state index in [0.717, 1.165) is 13.0 Å². The average Bonchev–Trinajstić information content (AvgIpc) is 2.71. The van der Waals surface area contributed by atoms with Crippen LogP contribution in [-0.4, -0.2) is 28.5 Å². The summed E-state index contributed by atoms with van der Waals surface area (Å²) in [5.74, 6) is 0. The molecule has 3 nitrogen and oxygen atoms in total. The Labute approximate surface area is 88.9 Å². The molecule has 2 unspecified atom stereocenters. The van der Waals surface area contributed by atoms with E-state index in [1.165, 1.54) is 4.88 Å². The van der Waals surface area contributed by atoms with E-state index in [2.05, 4.69) is 23.7 Å². The highest BCUT2D eigenvalue weighted by Crippen LogP contribution is 2.34. The maximum atomic E-state index is 6.14. The van der Waals surface area contributed by atoms with Crippen LogP contribution in [0.15, 0.2) is 11.7 Å². The SMILES string of the molecule is CC(C)N1CCC(N)C1c1cncs1.